The summed E-state index contributed by atoms with van der Waals surface area (Å²) >= 11 is 2.00. The van der Waals surface area contributed by atoms with Gasteiger partial charge in [0.2, 0.25) is 11.8 Å². The molecule has 2 heterocycles. The fourth-order valence-corrected chi connectivity index (χ4v) is 9.66. The third-order valence-corrected chi connectivity index (χ3v) is 12.1. The molecule has 0 bridgehead atoms. The number of carbonyl (C=O) groups excluding carboxylic acids is 4. The molecule has 2 saturated heterocycles. The quantitative estimate of drug-likeness (QED) is 0.0706. The Labute approximate surface area is 317 Å². The monoisotopic (exact) mass is 824 g/mol. The molecule has 12 nitrogen and oxygen atoms in total. The molecule has 3 fully saturated rings. The molecule has 0 spiro atoms. The molecule has 0 aromatic heterocycles. The number of methoxy groups -OCH3 is 1. The molecular weight excluding hydrogens is 791 g/mol. The van der Waals surface area contributed by atoms with Crippen LogP contribution in [-0.4, -0.2) is 45.8 Å². The molecule has 4 amide bonds. The number of imide groups is 2. The lowest BCUT2D eigenvalue weighted by molar-refractivity contribution is -0.384. The largest absolute Gasteiger partial charge is 0.504 e. The molecule has 2 N–H and O–H groups in total. The highest BCUT2D eigenvalue weighted by Crippen LogP contribution is 2.64. The second-order valence-corrected chi connectivity index (χ2v) is 15.1. The van der Waals surface area contributed by atoms with Crippen molar-refractivity contribution in [3.05, 3.63) is 133 Å². The van der Waals surface area contributed by atoms with E-state index in [1.165, 1.54) is 31.4 Å². The van der Waals surface area contributed by atoms with Crippen molar-refractivity contribution in [3.8, 4) is 11.5 Å². The Morgan fingerprint density at radius 3 is 2.36 bits per heavy atom. The first-order valence-electron chi connectivity index (χ1n) is 17.1. The maximum Gasteiger partial charge on any atom is 0.271 e. The van der Waals surface area contributed by atoms with Crippen LogP contribution in [0.4, 0.5) is 17.1 Å². The Hall–Kier alpha value is -5.57. The molecule has 0 radical (unpaired) electrons. The van der Waals surface area contributed by atoms with Crippen molar-refractivity contribution >= 4 is 63.3 Å². The molecule has 0 unspecified atom stereocenters. The minimum absolute atomic E-state index is 0.0761. The number of fused-ring (bicyclic) bond motifs is 4. The topological polar surface area (TPSA) is 159 Å². The Balaban J connectivity index is 1.33. The van der Waals surface area contributed by atoms with E-state index in [1.807, 2.05) is 78.1 Å². The minimum Gasteiger partial charge on any atom is -0.504 e. The summed E-state index contributed by atoms with van der Waals surface area (Å²) in [7, 11) is 1.43. The van der Waals surface area contributed by atoms with Gasteiger partial charge in [-0.05, 0) is 89.7 Å². The number of nitro benzene ring substituents is 1. The number of aryl methyl sites for hydroxylation is 1. The Morgan fingerprint density at radius 2 is 1.66 bits per heavy atom. The van der Waals surface area contributed by atoms with Gasteiger partial charge in [0.15, 0.2) is 11.5 Å². The molecule has 2 aliphatic heterocycles. The lowest BCUT2D eigenvalue weighted by Gasteiger charge is -2.50. The van der Waals surface area contributed by atoms with E-state index < -0.39 is 63.6 Å². The Kier molecular flexibility index (Phi) is 8.35. The predicted octanol–water partition coefficient (Wildman–Crippen LogP) is 6.41. The van der Waals surface area contributed by atoms with Crippen molar-refractivity contribution in [2.75, 3.05) is 17.4 Å². The summed E-state index contributed by atoms with van der Waals surface area (Å²) in [5.74, 6) is -5.93. The molecule has 268 valence electrons. The number of phenols is 1. The number of aromatic hydroxyl groups is 1. The smallest absolute Gasteiger partial charge is 0.271 e. The Bertz CT molecular complexity index is 2260. The molecule has 6 atom stereocenters. The predicted molar refractivity (Wildman–Crippen MR) is 202 cm³/mol. The van der Waals surface area contributed by atoms with Gasteiger partial charge in [0.25, 0.3) is 17.5 Å². The molecule has 8 rings (SSSR count). The number of nitrogens with zero attached hydrogens (tertiary/aromatic N) is 3. The number of nitrogens with one attached hydrogen (secondary N) is 1. The van der Waals surface area contributed by atoms with Crippen LogP contribution in [0.3, 0.4) is 0 Å². The first-order chi connectivity index (χ1) is 25.5. The van der Waals surface area contributed by atoms with E-state index in [1.54, 1.807) is 24.3 Å². The second-order valence-electron chi connectivity index (χ2n) is 13.9. The van der Waals surface area contributed by atoms with Crippen molar-refractivity contribution in [2.45, 2.75) is 31.1 Å². The number of anilines is 2. The van der Waals surface area contributed by atoms with Crippen LogP contribution in [0.25, 0.3) is 0 Å². The number of carbonyl (C=O) groups is 4. The zero-order valence-electron chi connectivity index (χ0n) is 28.6. The number of amides is 4. The van der Waals surface area contributed by atoms with E-state index in [0.717, 1.165) is 21.0 Å². The molecule has 4 aromatic rings. The van der Waals surface area contributed by atoms with Crippen molar-refractivity contribution in [2.24, 2.45) is 23.7 Å². The van der Waals surface area contributed by atoms with Crippen LogP contribution in [0.15, 0.2) is 103 Å². The maximum absolute atomic E-state index is 15.3. The minimum atomic E-state index is -1.50. The summed E-state index contributed by atoms with van der Waals surface area (Å²) in [6, 6.07) is 25.3. The average Bonchev–Trinajstić information content (AvgIpc) is 3.54. The van der Waals surface area contributed by atoms with E-state index in [4.69, 9.17) is 4.74 Å². The van der Waals surface area contributed by atoms with Gasteiger partial charge >= 0.3 is 0 Å². The van der Waals surface area contributed by atoms with E-state index >= 15 is 4.79 Å². The molecular formula is C40H33IN4O8. The highest BCUT2D eigenvalue weighted by Gasteiger charge is 2.70. The summed E-state index contributed by atoms with van der Waals surface area (Å²) < 4.78 is 6.05. The van der Waals surface area contributed by atoms with E-state index in [0.29, 0.717) is 20.4 Å². The van der Waals surface area contributed by atoms with Crippen molar-refractivity contribution in [1.29, 1.82) is 0 Å². The van der Waals surface area contributed by atoms with Gasteiger partial charge in [-0.15, -0.1) is 0 Å². The standard InChI is InChI=1S/C40H33IN4O8/c1-21-11-13-24(14-12-21)42-44-37(48)30-20-29-27(15-16-28-33(29)38(49)43(36(28)47)25-9-6-10-26(19-25)45(51)52)34(22-17-31(41)35(46)32(18-22)53-2)40(30,39(44)50)23-7-4-3-5-8-23/h3-15,17-19,28-30,33-34,42,46H,16,20H2,1-2H3/t28-,29+,30-,33-,34-,40+/m0/s1. The number of hydrogen-bond donors (Lipinski definition) is 2. The summed E-state index contributed by atoms with van der Waals surface area (Å²) in [6.45, 7) is 1.94. The molecule has 53 heavy (non-hydrogen) atoms. The molecule has 13 heteroatoms. The van der Waals surface area contributed by atoms with Gasteiger partial charge in [0.1, 0.15) is 0 Å². The molecule has 4 aromatic carbocycles. The van der Waals surface area contributed by atoms with Crippen LogP contribution in [0.1, 0.15) is 35.4 Å². The normalized spacial score (nSPS) is 26.2. The van der Waals surface area contributed by atoms with Crippen LogP contribution in [0.2, 0.25) is 0 Å². The van der Waals surface area contributed by atoms with Crippen LogP contribution in [-0.2, 0) is 24.6 Å². The maximum atomic E-state index is 15.3. The highest BCUT2D eigenvalue weighted by molar-refractivity contribution is 14.1. The van der Waals surface area contributed by atoms with Crippen molar-refractivity contribution < 1.29 is 33.9 Å². The number of rotatable bonds is 7. The lowest BCUT2D eigenvalue weighted by Crippen LogP contribution is -2.53. The number of benzene rings is 4. The third kappa shape index (κ3) is 5.15. The number of phenolic OH excluding ortho intramolecular Hbond substituents is 1. The van der Waals surface area contributed by atoms with Crippen molar-refractivity contribution in [3.63, 3.8) is 0 Å². The summed E-state index contributed by atoms with van der Waals surface area (Å²) in [5, 5.41) is 23.6. The second kappa shape index (κ2) is 12.8. The summed E-state index contributed by atoms with van der Waals surface area (Å²) in [4.78, 5) is 70.8. The number of ether oxygens (including phenoxy) is 1. The van der Waals surface area contributed by atoms with Crippen molar-refractivity contribution in [1.82, 2.24) is 5.01 Å². The fourth-order valence-electron chi connectivity index (χ4n) is 9.04. The summed E-state index contributed by atoms with van der Waals surface area (Å²) in [6.07, 6.45) is 2.20. The first-order valence-corrected chi connectivity index (χ1v) is 18.2. The fraction of sp³-hybridized carbons (Fsp3) is 0.250. The van der Waals surface area contributed by atoms with Gasteiger partial charge in [-0.1, -0.05) is 65.7 Å². The number of non-ortho nitro benzene ring substituents is 1. The number of nitro groups is 1. The van der Waals surface area contributed by atoms with Gasteiger partial charge in [-0.3, -0.25) is 34.7 Å². The van der Waals surface area contributed by atoms with Gasteiger partial charge in [0, 0.05) is 18.1 Å². The van der Waals surface area contributed by atoms with E-state index in [2.05, 4.69) is 5.43 Å². The summed E-state index contributed by atoms with van der Waals surface area (Å²) in [5.41, 5.74) is 4.91. The SMILES string of the molecule is COc1cc([C@H]2C3=CC[C@@H]4C(=O)N(c5cccc([N+](=O)[O-])c5)C(=O)[C@@H]4[C@@H]3C[C@H]3C(=O)N(Nc4ccc(C)cc4)C(=O)[C@@]23c2ccccc2)cc(I)c1O. The highest BCUT2D eigenvalue weighted by atomic mass is 127. The molecule has 4 aliphatic rings. The van der Waals surface area contributed by atoms with Gasteiger partial charge in [-0.2, -0.15) is 5.01 Å². The lowest BCUT2D eigenvalue weighted by atomic mass is 9.49. The zero-order chi connectivity index (χ0) is 37.3. The zero-order valence-corrected chi connectivity index (χ0v) is 30.7. The number of hydrogen-bond acceptors (Lipinski definition) is 9. The van der Waals surface area contributed by atoms with E-state index in [9.17, 15) is 29.6 Å². The molecule has 2 aliphatic carbocycles. The van der Waals surface area contributed by atoms with Gasteiger partial charge < -0.3 is 9.84 Å². The number of hydrazine groups is 1. The number of allylic oxidation sites excluding steroid dienone is 2. The van der Waals surface area contributed by atoms with Gasteiger partial charge in [-0.25, -0.2) is 4.90 Å². The van der Waals surface area contributed by atoms with Crippen LogP contribution in [0, 0.1) is 44.3 Å². The average molecular weight is 825 g/mol. The molecule has 1 saturated carbocycles. The van der Waals surface area contributed by atoms with E-state index in [-0.39, 0.29) is 35.7 Å². The Morgan fingerprint density at radius 1 is 0.925 bits per heavy atom. The first kappa shape index (κ1) is 34.5. The van der Waals surface area contributed by atoms with Crippen LogP contribution in [0.5, 0.6) is 11.5 Å². The van der Waals surface area contributed by atoms with Crippen LogP contribution < -0.4 is 15.1 Å². The third-order valence-electron chi connectivity index (χ3n) is 11.3. The van der Waals surface area contributed by atoms with Gasteiger partial charge in [0.05, 0.1) is 50.1 Å². The van der Waals surface area contributed by atoms with Crippen LogP contribution >= 0.6 is 22.6 Å². The number of halogens is 1.